The topological polar surface area (TPSA) is 90.9 Å². The molecule has 134 valence electrons. The van der Waals surface area contributed by atoms with Crippen molar-refractivity contribution in [1.82, 2.24) is 14.5 Å². The average Bonchev–Trinajstić information content (AvgIpc) is 3.13. The van der Waals surface area contributed by atoms with Crippen molar-refractivity contribution in [3.05, 3.63) is 85.4 Å². The van der Waals surface area contributed by atoms with Gasteiger partial charge in [-0.05, 0) is 18.2 Å². The van der Waals surface area contributed by atoms with E-state index in [9.17, 15) is 14.9 Å². The van der Waals surface area contributed by atoms with Crippen molar-refractivity contribution in [2.75, 3.05) is 0 Å². The van der Waals surface area contributed by atoms with Crippen LogP contribution in [0.25, 0.3) is 21.5 Å². The van der Waals surface area contributed by atoms with E-state index in [4.69, 9.17) is 11.6 Å². The summed E-state index contributed by atoms with van der Waals surface area (Å²) in [5.74, 6) is 0. The summed E-state index contributed by atoms with van der Waals surface area (Å²) in [4.78, 5) is 31.9. The van der Waals surface area contributed by atoms with E-state index < -0.39 is 4.92 Å². The van der Waals surface area contributed by atoms with E-state index in [1.807, 2.05) is 17.5 Å². The van der Waals surface area contributed by atoms with Crippen molar-refractivity contribution in [1.29, 1.82) is 0 Å². The first-order chi connectivity index (χ1) is 13.0. The van der Waals surface area contributed by atoms with Crippen LogP contribution in [0, 0.1) is 10.1 Å². The van der Waals surface area contributed by atoms with Gasteiger partial charge in [0.05, 0.1) is 34.4 Å². The lowest BCUT2D eigenvalue weighted by Crippen LogP contribution is -2.21. The molecular weight excluding hydrogens is 388 g/mol. The molecule has 2 aromatic heterocycles. The van der Waals surface area contributed by atoms with E-state index in [2.05, 4.69) is 9.97 Å². The fourth-order valence-corrected chi connectivity index (χ4v) is 3.60. The molecule has 0 bridgehead atoms. The summed E-state index contributed by atoms with van der Waals surface area (Å²) in [5, 5.41) is 14.5. The highest BCUT2D eigenvalue weighted by Crippen LogP contribution is 2.25. The zero-order valence-corrected chi connectivity index (χ0v) is 15.3. The molecule has 0 saturated heterocycles. The highest BCUT2D eigenvalue weighted by Gasteiger charge is 2.12. The summed E-state index contributed by atoms with van der Waals surface area (Å²) in [6.45, 7) is 0.231. The molecule has 0 unspecified atom stereocenters. The zero-order chi connectivity index (χ0) is 19.0. The van der Waals surface area contributed by atoms with Crippen LogP contribution in [-0.2, 0) is 6.54 Å². The van der Waals surface area contributed by atoms with Gasteiger partial charge in [0.15, 0.2) is 0 Å². The molecule has 0 aliphatic carbocycles. The summed E-state index contributed by atoms with van der Waals surface area (Å²) in [7, 11) is 0. The minimum Gasteiger partial charge on any atom is -0.293 e. The predicted molar refractivity (Wildman–Crippen MR) is 104 cm³/mol. The summed E-state index contributed by atoms with van der Waals surface area (Å²) in [5.41, 5.74) is 1.58. The van der Waals surface area contributed by atoms with Gasteiger partial charge in [-0.2, -0.15) is 0 Å². The number of benzene rings is 2. The average molecular weight is 399 g/mol. The van der Waals surface area contributed by atoms with Crippen LogP contribution < -0.4 is 5.56 Å². The highest BCUT2D eigenvalue weighted by molar-refractivity contribution is 7.13. The van der Waals surface area contributed by atoms with Gasteiger partial charge in [0.1, 0.15) is 5.01 Å². The standard InChI is InChI=1S/C18H11ClN4O3S/c19-12-3-1-11(2-4-12)17-21-13(9-27-17)8-22-10-20-16-6-5-14(23(25)26)7-15(16)18(22)24/h1-7,9-10H,8H2. The fraction of sp³-hybridized carbons (Fsp3) is 0.0556. The molecule has 0 fully saturated rings. The molecule has 0 atom stereocenters. The molecule has 7 nitrogen and oxygen atoms in total. The second-order valence-corrected chi connectivity index (χ2v) is 7.08. The lowest BCUT2D eigenvalue weighted by molar-refractivity contribution is -0.384. The minimum absolute atomic E-state index is 0.141. The monoisotopic (exact) mass is 398 g/mol. The summed E-state index contributed by atoms with van der Waals surface area (Å²) < 4.78 is 1.40. The number of thiazole rings is 1. The number of non-ortho nitro benzene ring substituents is 1. The zero-order valence-electron chi connectivity index (χ0n) is 13.7. The first-order valence-electron chi connectivity index (χ1n) is 7.85. The molecule has 4 rings (SSSR count). The Bertz CT molecular complexity index is 1220. The second kappa shape index (κ2) is 6.90. The Kier molecular flexibility index (Phi) is 4.43. The molecule has 27 heavy (non-hydrogen) atoms. The van der Waals surface area contributed by atoms with E-state index in [-0.39, 0.29) is 23.2 Å². The summed E-state index contributed by atoms with van der Waals surface area (Å²) in [6.07, 6.45) is 1.43. The predicted octanol–water partition coefficient (Wildman–Crippen LogP) is 4.13. The molecule has 0 aliphatic rings. The number of rotatable bonds is 4. The summed E-state index contributed by atoms with van der Waals surface area (Å²) in [6, 6.07) is 11.4. The van der Waals surface area contributed by atoms with Crippen molar-refractivity contribution in [2.45, 2.75) is 6.54 Å². The Morgan fingerprint density at radius 2 is 1.96 bits per heavy atom. The Labute approximate surface area is 161 Å². The van der Waals surface area contributed by atoms with Gasteiger partial charge in [-0.3, -0.25) is 19.5 Å². The lowest BCUT2D eigenvalue weighted by atomic mass is 10.2. The van der Waals surface area contributed by atoms with Gasteiger partial charge < -0.3 is 0 Å². The van der Waals surface area contributed by atoms with Gasteiger partial charge >= 0.3 is 0 Å². The molecule has 2 heterocycles. The largest absolute Gasteiger partial charge is 0.293 e. The van der Waals surface area contributed by atoms with Crippen molar-refractivity contribution in [2.24, 2.45) is 0 Å². The maximum Gasteiger partial charge on any atom is 0.270 e. The van der Waals surface area contributed by atoms with Crippen LogP contribution in [0.2, 0.25) is 5.02 Å². The molecule has 0 N–H and O–H groups in total. The molecule has 0 saturated carbocycles. The van der Waals surface area contributed by atoms with Crippen LogP contribution in [0.15, 0.2) is 59.0 Å². The third kappa shape index (κ3) is 3.44. The number of halogens is 1. The minimum atomic E-state index is -0.533. The smallest absolute Gasteiger partial charge is 0.270 e. The number of nitro benzene ring substituents is 1. The van der Waals surface area contributed by atoms with Crippen LogP contribution in [-0.4, -0.2) is 19.5 Å². The van der Waals surface area contributed by atoms with Crippen LogP contribution in [0.5, 0.6) is 0 Å². The van der Waals surface area contributed by atoms with Crippen LogP contribution >= 0.6 is 22.9 Å². The van der Waals surface area contributed by atoms with E-state index in [0.717, 1.165) is 10.6 Å². The number of nitro groups is 1. The van der Waals surface area contributed by atoms with Gasteiger partial charge in [0.25, 0.3) is 11.2 Å². The molecule has 0 radical (unpaired) electrons. The van der Waals surface area contributed by atoms with E-state index >= 15 is 0 Å². The van der Waals surface area contributed by atoms with Gasteiger partial charge in [-0.25, -0.2) is 9.97 Å². The Morgan fingerprint density at radius 3 is 2.70 bits per heavy atom. The van der Waals surface area contributed by atoms with Gasteiger partial charge in [0.2, 0.25) is 0 Å². The SMILES string of the molecule is O=c1c2cc([N+](=O)[O-])ccc2ncn1Cc1csc(-c2ccc(Cl)cc2)n1. The Hall–Kier alpha value is -3.10. The van der Waals surface area contributed by atoms with E-state index in [0.29, 0.717) is 16.2 Å². The van der Waals surface area contributed by atoms with Crippen LogP contribution in [0.3, 0.4) is 0 Å². The fourth-order valence-electron chi connectivity index (χ4n) is 2.65. The van der Waals surface area contributed by atoms with Gasteiger partial charge in [0, 0.05) is 28.1 Å². The third-order valence-electron chi connectivity index (χ3n) is 3.99. The Balaban J connectivity index is 1.67. The number of hydrogen-bond donors (Lipinski definition) is 0. The summed E-state index contributed by atoms with van der Waals surface area (Å²) >= 11 is 7.37. The van der Waals surface area contributed by atoms with Crippen LogP contribution in [0.1, 0.15) is 5.69 Å². The molecule has 4 aromatic rings. The quantitative estimate of drug-likeness (QED) is 0.380. The van der Waals surface area contributed by atoms with Gasteiger partial charge in [-0.15, -0.1) is 11.3 Å². The second-order valence-electron chi connectivity index (χ2n) is 5.79. The third-order valence-corrected chi connectivity index (χ3v) is 5.19. The van der Waals surface area contributed by atoms with Gasteiger partial charge in [-0.1, -0.05) is 23.7 Å². The molecule has 0 spiro atoms. The number of aromatic nitrogens is 3. The maximum atomic E-state index is 12.7. The molecule has 0 aliphatic heterocycles. The molecular formula is C18H11ClN4O3S. The van der Waals surface area contributed by atoms with E-state index in [1.165, 1.54) is 40.4 Å². The van der Waals surface area contributed by atoms with Crippen molar-refractivity contribution in [3.63, 3.8) is 0 Å². The normalized spacial score (nSPS) is 11.0. The molecule has 2 aromatic carbocycles. The number of hydrogen-bond acceptors (Lipinski definition) is 6. The first-order valence-corrected chi connectivity index (χ1v) is 9.11. The van der Waals surface area contributed by atoms with Crippen molar-refractivity contribution >= 4 is 39.5 Å². The molecule has 9 heteroatoms. The number of fused-ring (bicyclic) bond motifs is 1. The number of nitrogens with zero attached hydrogens (tertiary/aromatic N) is 4. The van der Waals surface area contributed by atoms with Crippen LogP contribution in [0.4, 0.5) is 5.69 Å². The Morgan fingerprint density at radius 1 is 1.19 bits per heavy atom. The first kappa shape index (κ1) is 17.3. The van der Waals surface area contributed by atoms with Crippen molar-refractivity contribution < 1.29 is 4.92 Å². The molecule has 0 amide bonds. The lowest BCUT2D eigenvalue weighted by Gasteiger charge is -2.04. The highest BCUT2D eigenvalue weighted by atomic mass is 35.5. The maximum absolute atomic E-state index is 12.7. The van der Waals surface area contributed by atoms with Crippen molar-refractivity contribution in [3.8, 4) is 10.6 Å². The van der Waals surface area contributed by atoms with E-state index in [1.54, 1.807) is 12.1 Å².